The number of benzene rings is 1. The Morgan fingerprint density at radius 2 is 1.83 bits per heavy atom. The highest BCUT2D eigenvalue weighted by molar-refractivity contribution is 5.51. The van der Waals surface area contributed by atoms with E-state index in [1.807, 2.05) is 0 Å². The minimum absolute atomic E-state index is 0.138. The van der Waals surface area contributed by atoms with Gasteiger partial charge in [-0.15, -0.1) is 0 Å². The number of hydrogen-bond acceptors (Lipinski definition) is 2. The molecule has 2 rings (SSSR count). The van der Waals surface area contributed by atoms with E-state index in [0.29, 0.717) is 6.04 Å². The molecule has 1 aromatic carbocycles. The van der Waals surface area contributed by atoms with Gasteiger partial charge in [0.1, 0.15) is 0 Å². The molecule has 0 unspecified atom stereocenters. The van der Waals surface area contributed by atoms with Gasteiger partial charge in [-0.2, -0.15) is 0 Å². The highest BCUT2D eigenvalue weighted by atomic mass is 16.3. The number of hydrogen-bond donors (Lipinski definition) is 1. The van der Waals surface area contributed by atoms with E-state index in [2.05, 4.69) is 37.1 Å². The maximum Gasteiger partial charge on any atom is 0.0684 e. The van der Waals surface area contributed by atoms with Crippen LogP contribution in [0.4, 0.5) is 5.69 Å². The van der Waals surface area contributed by atoms with Crippen LogP contribution in [0.2, 0.25) is 0 Å². The summed E-state index contributed by atoms with van der Waals surface area (Å²) in [7, 11) is 2.21. The second kappa shape index (κ2) is 6.24. The van der Waals surface area contributed by atoms with Crippen LogP contribution in [0, 0.1) is 6.92 Å². The molecule has 0 saturated heterocycles. The van der Waals surface area contributed by atoms with Gasteiger partial charge in [0, 0.05) is 18.8 Å². The van der Waals surface area contributed by atoms with Gasteiger partial charge in [0.25, 0.3) is 0 Å². The largest absolute Gasteiger partial charge is 0.392 e. The third-order valence-electron chi connectivity index (χ3n) is 4.28. The number of nitrogens with zero attached hydrogens (tertiary/aromatic N) is 1. The molecule has 0 spiro atoms. The van der Waals surface area contributed by atoms with Gasteiger partial charge in [-0.1, -0.05) is 31.7 Å². The van der Waals surface area contributed by atoms with Crippen LogP contribution in [0.15, 0.2) is 18.2 Å². The van der Waals surface area contributed by atoms with Crippen LogP contribution in [-0.4, -0.2) is 18.2 Å². The van der Waals surface area contributed by atoms with Crippen LogP contribution in [0.5, 0.6) is 0 Å². The van der Waals surface area contributed by atoms with Crippen LogP contribution in [0.25, 0.3) is 0 Å². The number of rotatable bonds is 3. The summed E-state index contributed by atoms with van der Waals surface area (Å²) in [5, 5.41) is 9.22. The van der Waals surface area contributed by atoms with Crippen LogP contribution in [0.3, 0.4) is 0 Å². The maximum absolute atomic E-state index is 9.22. The number of anilines is 1. The van der Waals surface area contributed by atoms with Crippen LogP contribution < -0.4 is 4.90 Å². The van der Waals surface area contributed by atoms with Crippen LogP contribution in [-0.2, 0) is 6.61 Å². The summed E-state index contributed by atoms with van der Waals surface area (Å²) in [5.41, 5.74) is 3.51. The Hall–Kier alpha value is -1.02. The Balaban J connectivity index is 2.11. The molecule has 0 aliphatic heterocycles. The Kier molecular flexibility index (Phi) is 4.65. The molecule has 0 bridgehead atoms. The first kappa shape index (κ1) is 13.4. The molecule has 1 aliphatic rings. The zero-order valence-corrected chi connectivity index (χ0v) is 11.7. The number of aliphatic hydroxyl groups excluding tert-OH is 1. The predicted molar refractivity (Wildman–Crippen MR) is 77.0 cm³/mol. The van der Waals surface area contributed by atoms with Gasteiger partial charge in [0.05, 0.1) is 6.61 Å². The lowest BCUT2D eigenvalue weighted by molar-refractivity contribution is 0.281. The van der Waals surface area contributed by atoms with E-state index in [1.165, 1.54) is 49.8 Å². The van der Waals surface area contributed by atoms with E-state index >= 15 is 0 Å². The molecule has 1 fully saturated rings. The van der Waals surface area contributed by atoms with Gasteiger partial charge in [-0.3, -0.25) is 0 Å². The summed E-state index contributed by atoms with van der Waals surface area (Å²) in [6, 6.07) is 7.09. The van der Waals surface area contributed by atoms with Crippen molar-refractivity contribution in [1.82, 2.24) is 0 Å². The van der Waals surface area contributed by atoms with Gasteiger partial charge in [0.2, 0.25) is 0 Å². The Labute approximate surface area is 111 Å². The highest BCUT2D eigenvalue weighted by Gasteiger charge is 2.17. The SMILES string of the molecule is Cc1cc(N(C)C2CCCCCC2)ccc1CO. The Morgan fingerprint density at radius 3 is 2.39 bits per heavy atom. The van der Waals surface area contributed by atoms with Crippen molar-refractivity contribution in [2.75, 3.05) is 11.9 Å². The van der Waals surface area contributed by atoms with Gasteiger partial charge >= 0.3 is 0 Å². The molecule has 1 saturated carbocycles. The molecule has 1 N–H and O–H groups in total. The molecule has 2 nitrogen and oxygen atoms in total. The van der Waals surface area contributed by atoms with E-state index in [4.69, 9.17) is 0 Å². The molecule has 0 amide bonds. The van der Waals surface area contributed by atoms with Crippen LogP contribution >= 0.6 is 0 Å². The van der Waals surface area contributed by atoms with E-state index in [9.17, 15) is 5.11 Å². The first-order chi connectivity index (χ1) is 8.72. The van der Waals surface area contributed by atoms with E-state index in [0.717, 1.165) is 5.56 Å². The zero-order chi connectivity index (χ0) is 13.0. The predicted octanol–water partition coefficient (Wildman–Crippen LogP) is 3.65. The molecule has 100 valence electrons. The molecule has 0 aromatic heterocycles. The second-order valence-corrected chi connectivity index (χ2v) is 5.53. The lowest BCUT2D eigenvalue weighted by atomic mass is 10.0. The molecule has 0 radical (unpaired) electrons. The van der Waals surface area contributed by atoms with Gasteiger partial charge < -0.3 is 10.0 Å². The summed E-state index contributed by atoms with van der Waals surface area (Å²) in [6.45, 7) is 2.22. The summed E-state index contributed by atoms with van der Waals surface area (Å²) in [6.07, 6.45) is 8.15. The number of aryl methyl sites for hydroxylation is 1. The second-order valence-electron chi connectivity index (χ2n) is 5.53. The Morgan fingerprint density at radius 1 is 1.17 bits per heavy atom. The summed E-state index contributed by atoms with van der Waals surface area (Å²) in [4.78, 5) is 2.43. The minimum atomic E-state index is 0.138. The first-order valence-corrected chi connectivity index (χ1v) is 7.15. The third kappa shape index (κ3) is 3.05. The fraction of sp³-hybridized carbons (Fsp3) is 0.625. The van der Waals surface area contributed by atoms with Crippen molar-refractivity contribution < 1.29 is 5.11 Å². The summed E-state index contributed by atoms with van der Waals surface area (Å²) in [5.74, 6) is 0. The fourth-order valence-electron chi connectivity index (χ4n) is 2.93. The molecular formula is C16H25NO. The first-order valence-electron chi connectivity index (χ1n) is 7.15. The quantitative estimate of drug-likeness (QED) is 0.824. The molecule has 0 atom stereocenters. The topological polar surface area (TPSA) is 23.5 Å². The van der Waals surface area contributed by atoms with E-state index < -0.39 is 0 Å². The third-order valence-corrected chi connectivity index (χ3v) is 4.28. The van der Waals surface area contributed by atoms with Crippen molar-refractivity contribution in [2.24, 2.45) is 0 Å². The lowest BCUT2D eigenvalue weighted by Gasteiger charge is -2.29. The van der Waals surface area contributed by atoms with Crippen molar-refractivity contribution >= 4 is 5.69 Å². The summed E-state index contributed by atoms with van der Waals surface area (Å²) >= 11 is 0. The smallest absolute Gasteiger partial charge is 0.0684 e. The minimum Gasteiger partial charge on any atom is -0.392 e. The zero-order valence-electron chi connectivity index (χ0n) is 11.7. The van der Waals surface area contributed by atoms with Gasteiger partial charge in [0.15, 0.2) is 0 Å². The van der Waals surface area contributed by atoms with Crippen molar-refractivity contribution in [1.29, 1.82) is 0 Å². The van der Waals surface area contributed by atoms with E-state index in [1.54, 1.807) is 0 Å². The van der Waals surface area contributed by atoms with Crippen molar-refractivity contribution in [3.05, 3.63) is 29.3 Å². The Bertz CT molecular complexity index is 381. The average molecular weight is 247 g/mol. The average Bonchev–Trinajstić information content (AvgIpc) is 2.66. The van der Waals surface area contributed by atoms with Gasteiger partial charge in [-0.25, -0.2) is 0 Å². The summed E-state index contributed by atoms with van der Waals surface area (Å²) < 4.78 is 0. The highest BCUT2D eigenvalue weighted by Crippen LogP contribution is 2.26. The van der Waals surface area contributed by atoms with Crippen molar-refractivity contribution in [3.8, 4) is 0 Å². The normalized spacial score (nSPS) is 17.5. The lowest BCUT2D eigenvalue weighted by Crippen LogP contribution is -2.31. The van der Waals surface area contributed by atoms with Crippen molar-refractivity contribution in [2.45, 2.75) is 58.1 Å². The molecule has 18 heavy (non-hydrogen) atoms. The van der Waals surface area contributed by atoms with E-state index in [-0.39, 0.29) is 6.61 Å². The van der Waals surface area contributed by atoms with Crippen molar-refractivity contribution in [3.63, 3.8) is 0 Å². The molecule has 1 aromatic rings. The maximum atomic E-state index is 9.22. The van der Waals surface area contributed by atoms with Gasteiger partial charge in [-0.05, 0) is 43.0 Å². The fourth-order valence-corrected chi connectivity index (χ4v) is 2.93. The molecule has 0 heterocycles. The van der Waals surface area contributed by atoms with Crippen LogP contribution in [0.1, 0.15) is 49.7 Å². The monoisotopic (exact) mass is 247 g/mol. The molecular weight excluding hydrogens is 222 g/mol. The number of aliphatic hydroxyl groups is 1. The molecule has 1 aliphatic carbocycles. The molecule has 2 heteroatoms. The standard InChI is InChI=1S/C16H25NO/c1-13-11-16(10-9-14(13)12-18)17(2)15-7-5-3-4-6-8-15/h9-11,15,18H,3-8,12H2,1-2H3.